The Labute approximate surface area is 134 Å². The molecule has 0 aromatic carbocycles. The maximum atomic E-state index is 10.6. The van der Waals surface area contributed by atoms with Crippen LogP contribution in [-0.2, 0) is 10.1 Å². The van der Waals surface area contributed by atoms with E-state index in [1.807, 2.05) is 0 Å². The van der Waals surface area contributed by atoms with E-state index in [2.05, 4.69) is 6.92 Å². The molecule has 4 nitrogen and oxygen atoms in total. The van der Waals surface area contributed by atoms with Crippen LogP contribution in [0.1, 0.15) is 65.2 Å². The smallest absolute Gasteiger partial charge is 0.746 e. The first kappa shape index (κ1) is 21.2. The Morgan fingerprint density at radius 1 is 1.06 bits per heavy atom. The topological polar surface area (TPSA) is 77.4 Å². The monoisotopic (exact) mass is 288 g/mol. The van der Waals surface area contributed by atoms with Crippen LogP contribution in [0.3, 0.4) is 0 Å². The van der Waals surface area contributed by atoms with Crippen molar-refractivity contribution in [3.8, 4) is 0 Å². The Bertz CT molecular complexity index is 280. The second-order valence-corrected chi connectivity index (χ2v) is 6.24. The third kappa shape index (κ3) is 10.8. The Kier molecular flexibility index (Phi) is 13.7. The molecule has 0 aromatic heterocycles. The molecule has 0 saturated carbocycles. The van der Waals surface area contributed by atoms with Crippen LogP contribution in [0.15, 0.2) is 0 Å². The van der Waals surface area contributed by atoms with Crippen LogP contribution in [0, 0.1) is 5.92 Å². The number of hydrogen-bond donors (Lipinski definition) is 1. The molecule has 0 aliphatic carbocycles. The van der Waals surface area contributed by atoms with Gasteiger partial charge in [0.05, 0.1) is 0 Å². The van der Waals surface area contributed by atoms with E-state index in [0.29, 0.717) is 6.42 Å². The standard InChI is InChI=1S/C12H26O4S.Na/c1-3-4-5-6-7-8-9-10-11(2)12(13)17(14,15)16;/h11-13H,3-10H2,1-2H3,(H,14,15,16);/q;+1/p-1. The normalized spacial score (nSPS) is 14.9. The molecule has 2 atom stereocenters. The van der Waals surface area contributed by atoms with Gasteiger partial charge in [-0.3, -0.25) is 0 Å². The molecule has 0 radical (unpaired) electrons. The van der Waals surface area contributed by atoms with Crippen molar-refractivity contribution in [3.63, 3.8) is 0 Å². The minimum atomic E-state index is -4.55. The third-order valence-corrected chi connectivity index (χ3v) is 4.10. The summed E-state index contributed by atoms with van der Waals surface area (Å²) >= 11 is 0. The van der Waals surface area contributed by atoms with Gasteiger partial charge in [-0.25, -0.2) is 8.42 Å². The summed E-state index contributed by atoms with van der Waals surface area (Å²) in [4.78, 5) is 0. The maximum absolute atomic E-state index is 10.6. The number of aliphatic hydroxyl groups is 1. The minimum absolute atomic E-state index is 0. The van der Waals surface area contributed by atoms with Crippen molar-refractivity contribution in [1.29, 1.82) is 0 Å². The molecule has 0 saturated heterocycles. The van der Waals surface area contributed by atoms with E-state index in [0.717, 1.165) is 19.3 Å². The van der Waals surface area contributed by atoms with E-state index < -0.39 is 21.5 Å². The fourth-order valence-corrected chi connectivity index (χ4v) is 2.56. The van der Waals surface area contributed by atoms with Crippen LogP contribution in [0.2, 0.25) is 0 Å². The van der Waals surface area contributed by atoms with Crippen LogP contribution in [0.4, 0.5) is 0 Å². The molecule has 0 aliphatic rings. The minimum Gasteiger partial charge on any atom is -0.746 e. The summed E-state index contributed by atoms with van der Waals surface area (Å²) in [5, 5.41) is 9.23. The predicted molar refractivity (Wildman–Crippen MR) is 67.5 cm³/mol. The molecule has 2 unspecified atom stereocenters. The van der Waals surface area contributed by atoms with Crippen LogP contribution in [0.25, 0.3) is 0 Å². The van der Waals surface area contributed by atoms with Gasteiger partial charge in [0.15, 0.2) is 0 Å². The molecule has 6 heteroatoms. The van der Waals surface area contributed by atoms with E-state index >= 15 is 0 Å². The molecule has 0 aliphatic heterocycles. The first-order valence-corrected chi connectivity index (χ1v) is 7.99. The van der Waals surface area contributed by atoms with Crippen molar-refractivity contribution in [1.82, 2.24) is 0 Å². The molecule has 104 valence electrons. The van der Waals surface area contributed by atoms with Crippen molar-refractivity contribution in [2.45, 2.75) is 70.7 Å². The molecule has 0 rings (SSSR count). The second-order valence-electron chi connectivity index (χ2n) is 4.77. The number of hydrogen-bond acceptors (Lipinski definition) is 4. The second kappa shape index (κ2) is 11.7. The number of aliphatic hydroxyl groups excluding tert-OH is 1. The Morgan fingerprint density at radius 2 is 1.50 bits per heavy atom. The van der Waals surface area contributed by atoms with Gasteiger partial charge < -0.3 is 9.66 Å². The first-order chi connectivity index (χ1) is 7.89. The van der Waals surface area contributed by atoms with Gasteiger partial charge in [-0.15, -0.1) is 0 Å². The Morgan fingerprint density at radius 3 is 1.94 bits per heavy atom. The van der Waals surface area contributed by atoms with Crippen LogP contribution >= 0.6 is 0 Å². The molecule has 0 aromatic rings. The molecule has 18 heavy (non-hydrogen) atoms. The SMILES string of the molecule is CCCCCCCCCC(C)C(O)S(=O)(=O)[O-].[Na+]. The van der Waals surface area contributed by atoms with Gasteiger partial charge in [-0.1, -0.05) is 58.8 Å². The maximum Gasteiger partial charge on any atom is 1.00 e. The van der Waals surface area contributed by atoms with Crippen LogP contribution in [0.5, 0.6) is 0 Å². The van der Waals surface area contributed by atoms with Crippen molar-refractivity contribution in [2.24, 2.45) is 5.92 Å². The fourth-order valence-electron chi connectivity index (χ4n) is 1.85. The van der Waals surface area contributed by atoms with Gasteiger partial charge in [0.2, 0.25) is 0 Å². The molecule has 1 N–H and O–H groups in total. The van der Waals surface area contributed by atoms with E-state index in [9.17, 15) is 18.1 Å². The van der Waals surface area contributed by atoms with Crippen molar-refractivity contribution in [3.05, 3.63) is 0 Å². The molecule has 0 spiro atoms. The van der Waals surface area contributed by atoms with Crippen molar-refractivity contribution < 1.29 is 47.6 Å². The summed E-state index contributed by atoms with van der Waals surface area (Å²) in [6.07, 6.45) is 8.62. The number of rotatable bonds is 10. The predicted octanol–water partition coefficient (Wildman–Crippen LogP) is -0.369. The molecule has 0 heterocycles. The van der Waals surface area contributed by atoms with Gasteiger partial charge in [0.25, 0.3) is 0 Å². The number of unbranched alkanes of at least 4 members (excludes halogenated alkanes) is 6. The summed E-state index contributed by atoms with van der Waals surface area (Å²) in [6.45, 7) is 3.78. The zero-order valence-electron chi connectivity index (χ0n) is 11.9. The van der Waals surface area contributed by atoms with Gasteiger partial charge in [0, 0.05) is 0 Å². The van der Waals surface area contributed by atoms with Gasteiger partial charge >= 0.3 is 29.6 Å². The molecule has 0 fully saturated rings. The average Bonchev–Trinajstić information content (AvgIpc) is 2.25. The quantitative estimate of drug-likeness (QED) is 0.338. The molecule has 0 amide bonds. The van der Waals surface area contributed by atoms with Crippen LogP contribution in [-0.4, -0.2) is 23.5 Å². The van der Waals surface area contributed by atoms with Gasteiger partial charge in [-0.05, 0) is 12.3 Å². The Balaban J connectivity index is 0. The van der Waals surface area contributed by atoms with Crippen LogP contribution < -0.4 is 29.6 Å². The summed E-state index contributed by atoms with van der Waals surface area (Å²) in [5.41, 5.74) is -1.75. The molecule has 0 bridgehead atoms. The third-order valence-electron chi connectivity index (χ3n) is 3.05. The largest absolute Gasteiger partial charge is 1.00 e. The van der Waals surface area contributed by atoms with E-state index in [1.54, 1.807) is 6.92 Å². The fraction of sp³-hybridized carbons (Fsp3) is 1.00. The van der Waals surface area contributed by atoms with Gasteiger partial charge in [0.1, 0.15) is 15.6 Å². The summed E-state index contributed by atoms with van der Waals surface area (Å²) in [7, 11) is -4.55. The first-order valence-electron chi connectivity index (χ1n) is 6.52. The van der Waals surface area contributed by atoms with E-state index in [4.69, 9.17) is 0 Å². The van der Waals surface area contributed by atoms with Gasteiger partial charge in [-0.2, -0.15) is 0 Å². The summed E-state index contributed by atoms with van der Waals surface area (Å²) in [5.74, 6) is -0.465. The zero-order valence-corrected chi connectivity index (χ0v) is 14.7. The van der Waals surface area contributed by atoms with E-state index in [1.165, 1.54) is 25.7 Å². The summed E-state index contributed by atoms with van der Waals surface area (Å²) < 4.78 is 31.7. The summed E-state index contributed by atoms with van der Waals surface area (Å²) in [6, 6.07) is 0. The molecular weight excluding hydrogens is 263 g/mol. The Hall–Kier alpha value is 0.870. The van der Waals surface area contributed by atoms with Crippen molar-refractivity contribution >= 4 is 10.1 Å². The van der Waals surface area contributed by atoms with E-state index in [-0.39, 0.29) is 29.6 Å². The zero-order chi connectivity index (χ0) is 13.3. The average molecular weight is 288 g/mol. The van der Waals surface area contributed by atoms with Crippen molar-refractivity contribution in [2.75, 3.05) is 0 Å². The molecular formula is C12H25NaO4S.